The summed E-state index contributed by atoms with van der Waals surface area (Å²) in [6.07, 6.45) is 2.75. The maximum atomic E-state index is 13.8. The topological polar surface area (TPSA) is 77.5 Å². The van der Waals surface area contributed by atoms with E-state index in [9.17, 15) is 17.2 Å². The van der Waals surface area contributed by atoms with Gasteiger partial charge in [0.25, 0.3) is 0 Å². The molecule has 0 radical (unpaired) electrons. The van der Waals surface area contributed by atoms with Crippen LogP contribution in [0, 0.1) is 17.6 Å². The quantitative estimate of drug-likeness (QED) is 0.808. The Morgan fingerprint density at radius 3 is 2.70 bits per heavy atom. The van der Waals surface area contributed by atoms with E-state index in [1.165, 1.54) is 0 Å². The summed E-state index contributed by atoms with van der Waals surface area (Å²) in [6.45, 7) is 1.17. The SMILES string of the molecule is CS(=O)(=O)N[C@H]1COCC[C@@H]1COc1ccc(-c2ncc(F)cc2F)cc1. The molecule has 27 heavy (non-hydrogen) atoms. The Balaban J connectivity index is 1.64. The van der Waals surface area contributed by atoms with Crippen LogP contribution in [0.5, 0.6) is 5.75 Å². The van der Waals surface area contributed by atoms with Crippen molar-refractivity contribution in [2.45, 2.75) is 12.5 Å². The first-order chi connectivity index (χ1) is 12.8. The van der Waals surface area contributed by atoms with Crippen molar-refractivity contribution in [3.05, 3.63) is 48.2 Å². The van der Waals surface area contributed by atoms with Gasteiger partial charge in [0, 0.05) is 24.2 Å². The second kappa shape index (κ2) is 8.28. The van der Waals surface area contributed by atoms with Gasteiger partial charge in [0.2, 0.25) is 10.0 Å². The van der Waals surface area contributed by atoms with Gasteiger partial charge in [-0.25, -0.2) is 21.9 Å². The lowest BCUT2D eigenvalue weighted by atomic mass is 9.97. The van der Waals surface area contributed by atoms with Gasteiger partial charge in [0.05, 0.1) is 31.7 Å². The van der Waals surface area contributed by atoms with Gasteiger partial charge in [-0.3, -0.25) is 4.98 Å². The number of pyridine rings is 1. The maximum absolute atomic E-state index is 13.8. The third-order valence-electron chi connectivity index (χ3n) is 4.26. The first-order valence-electron chi connectivity index (χ1n) is 8.41. The number of ether oxygens (including phenoxy) is 2. The number of sulfonamides is 1. The van der Waals surface area contributed by atoms with Crippen molar-refractivity contribution in [3.8, 4) is 17.0 Å². The van der Waals surface area contributed by atoms with Crippen LogP contribution in [0.2, 0.25) is 0 Å². The minimum absolute atomic E-state index is 0.0237. The highest BCUT2D eigenvalue weighted by Crippen LogP contribution is 2.24. The number of hydrogen-bond acceptors (Lipinski definition) is 5. The second-order valence-electron chi connectivity index (χ2n) is 6.44. The van der Waals surface area contributed by atoms with Crippen molar-refractivity contribution in [2.24, 2.45) is 5.92 Å². The van der Waals surface area contributed by atoms with E-state index in [1.54, 1.807) is 24.3 Å². The van der Waals surface area contributed by atoms with E-state index in [2.05, 4.69) is 9.71 Å². The summed E-state index contributed by atoms with van der Waals surface area (Å²) in [7, 11) is -3.34. The third kappa shape index (κ3) is 5.44. The lowest BCUT2D eigenvalue weighted by Gasteiger charge is -2.31. The largest absolute Gasteiger partial charge is 0.493 e. The fraction of sp³-hybridized carbons (Fsp3) is 0.389. The molecule has 146 valence electrons. The fourth-order valence-corrected chi connectivity index (χ4v) is 3.74. The Labute approximate surface area is 156 Å². The molecule has 1 aliphatic rings. The van der Waals surface area contributed by atoms with Gasteiger partial charge in [0.15, 0.2) is 5.82 Å². The second-order valence-corrected chi connectivity index (χ2v) is 8.22. The molecule has 0 aliphatic carbocycles. The van der Waals surface area contributed by atoms with Crippen molar-refractivity contribution >= 4 is 10.0 Å². The predicted molar refractivity (Wildman–Crippen MR) is 95.8 cm³/mol. The van der Waals surface area contributed by atoms with Crippen LogP contribution in [-0.2, 0) is 14.8 Å². The molecule has 0 saturated carbocycles. The predicted octanol–water partition coefficient (Wildman–Crippen LogP) is 2.36. The lowest BCUT2D eigenvalue weighted by Crippen LogP contribution is -2.48. The molecule has 1 aromatic carbocycles. The zero-order valence-electron chi connectivity index (χ0n) is 14.7. The molecule has 0 spiro atoms. The molecule has 2 heterocycles. The summed E-state index contributed by atoms with van der Waals surface area (Å²) >= 11 is 0. The minimum Gasteiger partial charge on any atom is -0.493 e. The van der Waals surface area contributed by atoms with Crippen molar-refractivity contribution in [2.75, 3.05) is 26.1 Å². The van der Waals surface area contributed by atoms with Crippen LogP contribution < -0.4 is 9.46 Å². The molecule has 0 unspecified atom stereocenters. The van der Waals surface area contributed by atoms with Gasteiger partial charge in [-0.1, -0.05) is 0 Å². The number of rotatable bonds is 6. The Bertz CT molecular complexity index is 891. The number of nitrogens with one attached hydrogen (secondary N) is 1. The number of benzene rings is 1. The normalized spacial score (nSPS) is 20.4. The summed E-state index contributed by atoms with van der Waals surface area (Å²) in [6, 6.07) is 7.04. The van der Waals surface area contributed by atoms with Crippen molar-refractivity contribution in [1.29, 1.82) is 0 Å². The van der Waals surface area contributed by atoms with Crippen LogP contribution in [0.15, 0.2) is 36.5 Å². The molecule has 0 amide bonds. The highest BCUT2D eigenvalue weighted by atomic mass is 32.2. The van der Waals surface area contributed by atoms with E-state index in [0.717, 1.165) is 18.5 Å². The summed E-state index contributed by atoms with van der Waals surface area (Å²) < 4.78 is 63.4. The highest BCUT2D eigenvalue weighted by molar-refractivity contribution is 7.88. The van der Waals surface area contributed by atoms with E-state index in [-0.39, 0.29) is 17.7 Å². The molecule has 1 fully saturated rings. The molecule has 2 atom stereocenters. The van der Waals surface area contributed by atoms with Gasteiger partial charge in [-0.05, 0) is 30.7 Å². The molecular formula is C18H20F2N2O4S. The smallest absolute Gasteiger partial charge is 0.209 e. The summed E-state index contributed by atoms with van der Waals surface area (Å²) in [4.78, 5) is 3.77. The van der Waals surface area contributed by atoms with Gasteiger partial charge < -0.3 is 9.47 Å². The number of aromatic nitrogens is 1. The van der Waals surface area contributed by atoms with E-state index in [4.69, 9.17) is 9.47 Å². The lowest BCUT2D eigenvalue weighted by molar-refractivity contribution is 0.0275. The summed E-state index contributed by atoms with van der Waals surface area (Å²) in [5, 5.41) is 0. The molecule has 3 rings (SSSR count). The Kier molecular flexibility index (Phi) is 6.03. The van der Waals surface area contributed by atoms with Crippen LogP contribution >= 0.6 is 0 Å². The van der Waals surface area contributed by atoms with Gasteiger partial charge in [0.1, 0.15) is 17.3 Å². The highest BCUT2D eigenvalue weighted by Gasteiger charge is 2.28. The number of nitrogens with zero attached hydrogens (tertiary/aromatic N) is 1. The van der Waals surface area contributed by atoms with E-state index in [0.29, 0.717) is 37.6 Å². The van der Waals surface area contributed by atoms with Gasteiger partial charge >= 0.3 is 0 Å². The van der Waals surface area contributed by atoms with Gasteiger partial charge in [-0.2, -0.15) is 0 Å². The zero-order chi connectivity index (χ0) is 19.4. The molecule has 9 heteroatoms. The average molecular weight is 398 g/mol. The van der Waals surface area contributed by atoms with Crippen molar-refractivity contribution in [1.82, 2.24) is 9.71 Å². The van der Waals surface area contributed by atoms with Crippen LogP contribution in [0.4, 0.5) is 8.78 Å². The van der Waals surface area contributed by atoms with E-state index < -0.39 is 21.7 Å². The molecule has 1 aliphatic heterocycles. The summed E-state index contributed by atoms with van der Waals surface area (Å²) in [5.41, 5.74) is 0.562. The zero-order valence-corrected chi connectivity index (χ0v) is 15.5. The molecular weight excluding hydrogens is 378 g/mol. The maximum Gasteiger partial charge on any atom is 0.209 e. The Hall–Kier alpha value is -2.10. The van der Waals surface area contributed by atoms with Crippen LogP contribution in [-0.4, -0.2) is 45.5 Å². The average Bonchev–Trinajstić information content (AvgIpc) is 2.60. The Morgan fingerprint density at radius 2 is 2.04 bits per heavy atom. The molecule has 2 aromatic rings. The minimum atomic E-state index is -3.34. The monoisotopic (exact) mass is 398 g/mol. The summed E-state index contributed by atoms with van der Waals surface area (Å²) in [5.74, 6) is -0.930. The Morgan fingerprint density at radius 1 is 1.30 bits per heavy atom. The van der Waals surface area contributed by atoms with Gasteiger partial charge in [-0.15, -0.1) is 0 Å². The fourth-order valence-electron chi connectivity index (χ4n) is 2.93. The molecule has 1 N–H and O–H groups in total. The first kappa shape index (κ1) is 19.7. The third-order valence-corrected chi connectivity index (χ3v) is 5.00. The van der Waals surface area contributed by atoms with Crippen LogP contribution in [0.1, 0.15) is 6.42 Å². The molecule has 1 saturated heterocycles. The van der Waals surface area contributed by atoms with E-state index >= 15 is 0 Å². The van der Waals surface area contributed by atoms with Crippen LogP contribution in [0.25, 0.3) is 11.3 Å². The van der Waals surface area contributed by atoms with Crippen LogP contribution in [0.3, 0.4) is 0 Å². The number of halogens is 2. The van der Waals surface area contributed by atoms with Crippen molar-refractivity contribution < 1.29 is 26.7 Å². The molecule has 0 bridgehead atoms. The van der Waals surface area contributed by atoms with E-state index in [1.807, 2.05) is 0 Å². The van der Waals surface area contributed by atoms with Crippen molar-refractivity contribution in [3.63, 3.8) is 0 Å². The first-order valence-corrected chi connectivity index (χ1v) is 10.3. The standard InChI is InChI=1S/C18H20F2N2O4S/c1-27(23,24)22-17-11-25-7-6-13(17)10-26-15-4-2-12(3-5-15)18-16(20)8-14(19)9-21-18/h2-5,8-9,13,17,22H,6-7,10-11H2,1H3/t13-,17+/m1/s1. The molecule has 1 aromatic heterocycles. The molecule has 6 nitrogen and oxygen atoms in total. The number of hydrogen-bond donors (Lipinski definition) is 1.